The van der Waals surface area contributed by atoms with Crippen molar-refractivity contribution in [3.05, 3.63) is 75.3 Å². The number of carbonyl (C=O) groups is 2. The lowest BCUT2D eigenvalue weighted by molar-refractivity contribution is -0.385. The summed E-state index contributed by atoms with van der Waals surface area (Å²) in [6.45, 7) is 2.53. The second kappa shape index (κ2) is 9.70. The molecule has 0 saturated carbocycles. The largest absolute Gasteiger partial charge is 0.352 e. The second-order valence-corrected chi connectivity index (χ2v) is 8.05. The van der Waals surface area contributed by atoms with Crippen molar-refractivity contribution in [3.8, 4) is 0 Å². The van der Waals surface area contributed by atoms with Gasteiger partial charge in [-0.15, -0.1) is 0 Å². The van der Waals surface area contributed by atoms with E-state index in [0.717, 1.165) is 12.0 Å². The Morgan fingerprint density at radius 2 is 1.94 bits per heavy atom. The maximum Gasteiger partial charge on any atom is 0.272 e. The molecule has 1 fully saturated rings. The molecular weight excluding hydrogens is 396 g/mol. The van der Waals surface area contributed by atoms with Crippen molar-refractivity contribution in [2.45, 2.75) is 31.8 Å². The predicted molar refractivity (Wildman–Crippen MR) is 118 cm³/mol. The van der Waals surface area contributed by atoms with Gasteiger partial charge < -0.3 is 15.1 Å². The highest BCUT2D eigenvalue weighted by atomic mass is 16.6. The molecule has 0 spiro atoms. The van der Waals surface area contributed by atoms with E-state index in [0.29, 0.717) is 30.6 Å². The number of likely N-dealkylation sites (tertiary alicyclic amines) is 1. The Morgan fingerprint density at radius 3 is 2.55 bits per heavy atom. The van der Waals surface area contributed by atoms with Gasteiger partial charge in [-0.05, 0) is 51.6 Å². The first-order valence-electron chi connectivity index (χ1n) is 10.3. The number of aryl methyl sites for hydroxylation is 1. The Kier molecular flexibility index (Phi) is 7.02. The van der Waals surface area contributed by atoms with Crippen LogP contribution in [0.1, 0.15) is 40.4 Å². The first kappa shape index (κ1) is 22.4. The Bertz CT molecular complexity index is 961. The van der Waals surface area contributed by atoms with Gasteiger partial charge in [0.15, 0.2) is 0 Å². The maximum absolute atomic E-state index is 13.0. The lowest BCUT2D eigenvalue weighted by Crippen LogP contribution is -2.47. The van der Waals surface area contributed by atoms with Crippen molar-refractivity contribution in [2.24, 2.45) is 0 Å². The highest BCUT2D eigenvalue weighted by Crippen LogP contribution is 2.24. The van der Waals surface area contributed by atoms with E-state index in [-0.39, 0.29) is 23.5 Å². The molecule has 2 aromatic carbocycles. The highest BCUT2D eigenvalue weighted by molar-refractivity contribution is 5.98. The highest BCUT2D eigenvalue weighted by Gasteiger charge is 2.35. The third-order valence-electron chi connectivity index (χ3n) is 5.73. The molecule has 8 heteroatoms. The molecule has 0 aliphatic carbocycles. The number of amides is 2. The van der Waals surface area contributed by atoms with Gasteiger partial charge in [0.1, 0.15) is 6.04 Å². The number of carbonyl (C=O) groups excluding carboxylic acids is 2. The van der Waals surface area contributed by atoms with Crippen molar-refractivity contribution in [1.29, 1.82) is 0 Å². The van der Waals surface area contributed by atoms with Crippen LogP contribution in [-0.2, 0) is 4.79 Å². The van der Waals surface area contributed by atoms with Crippen molar-refractivity contribution >= 4 is 17.5 Å². The zero-order valence-electron chi connectivity index (χ0n) is 18.1. The lowest BCUT2D eigenvalue weighted by atomic mass is 10.1. The van der Waals surface area contributed by atoms with Gasteiger partial charge in [-0.25, -0.2) is 0 Å². The molecule has 1 aliphatic rings. The summed E-state index contributed by atoms with van der Waals surface area (Å²) < 4.78 is 0. The SMILES string of the molecule is Cc1cc(C(=O)N2CCCC2C(=O)NCC(c2ccccc2)N(C)C)ccc1[N+](=O)[O-]. The fourth-order valence-corrected chi connectivity index (χ4v) is 4.03. The number of hydrogen-bond acceptors (Lipinski definition) is 5. The molecule has 0 bridgehead atoms. The molecule has 2 unspecified atom stereocenters. The van der Waals surface area contributed by atoms with Crippen molar-refractivity contribution < 1.29 is 14.5 Å². The lowest BCUT2D eigenvalue weighted by Gasteiger charge is -2.28. The topological polar surface area (TPSA) is 95.8 Å². The molecule has 8 nitrogen and oxygen atoms in total. The number of hydrogen-bond donors (Lipinski definition) is 1. The smallest absolute Gasteiger partial charge is 0.272 e. The minimum Gasteiger partial charge on any atom is -0.352 e. The number of likely N-dealkylation sites (N-methyl/N-ethyl adjacent to an activating group) is 1. The van der Waals surface area contributed by atoms with Gasteiger partial charge in [0.25, 0.3) is 11.6 Å². The standard InChI is InChI=1S/C23H28N4O4/c1-16-14-18(11-12-19(16)27(30)31)23(29)26-13-7-10-20(26)22(28)24-15-21(25(2)3)17-8-5-4-6-9-17/h4-6,8-9,11-12,14,20-21H,7,10,13,15H2,1-3H3,(H,24,28). The molecule has 1 heterocycles. The van der Waals surface area contributed by atoms with E-state index in [1.807, 2.05) is 49.3 Å². The number of nitro groups is 1. The van der Waals surface area contributed by atoms with E-state index in [1.165, 1.54) is 18.2 Å². The van der Waals surface area contributed by atoms with E-state index in [4.69, 9.17) is 0 Å². The van der Waals surface area contributed by atoms with Crippen LogP contribution < -0.4 is 5.32 Å². The van der Waals surface area contributed by atoms with Gasteiger partial charge in [-0.1, -0.05) is 30.3 Å². The Labute approximate surface area is 182 Å². The van der Waals surface area contributed by atoms with E-state index < -0.39 is 11.0 Å². The van der Waals surface area contributed by atoms with Crippen molar-refractivity contribution in [3.63, 3.8) is 0 Å². The average Bonchev–Trinajstić information content (AvgIpc) is 3.23. The maximum atomic E-state index is 13.0. The summed E-state index contributed by atoms with van der Waals surface area (Å²) in [5.74, 6) is -0.449. The van der Waals surface area contributed by atoms with Crippen LogP contribution in [0, 0.1) is 17.0 Å². The third-order valence-corrected chi connectivity index (χ3v) is 5.73. The predicted octanol–water partition coefficient (Wildman–Crippen LogP) is 2.93. The van der Waals surface area contributed by atoms with Crippen LogP contribution in [0.4, 0.5) is 5.69 Å². The minimum absolute atomic E-state index is 0.0213. The Hall–Kier alpha value is -3.26. The quantitative estimate of drug-likeness (QED) is 0.545. The Balaban J connectivity index is 1.69. The molecule has 0 aromatic heterocycles. The minimum atomic E-state index is -0.540. The van der Waals surface area contributed by atoms with Crippen LogP contribution in [0.3, 0.4) is 0 Å². The van der Waals surface area contributed by atoms with E-state index in [2.05, 4.69) is 5.32 Å². The molecule has 31 heavy (non-hydrogen) atoms. The molecule has 1 N–H and O–H groups in total. The number of nitrogens with zero attached hydrogens (tertiary/aromatic N) is 3. The average molecular weight is 425 g/mol. The van der Waals surface area contributed by atoms with Crippen LogP contribution in [0.25, 0.3) is 0 Å². The number of rotatable bonds is 7. The first-order valence-corrected chi connectivity index (χ1v) is 10.3. The third kappa shape index (κ3) is 5.08. The second-order valence-electron chi connectivity index (χ2n) is 8.05. The summed E-state index contributed by atoms with van der Waals surface area (Å²) in [4.78, 5) is 40.2. The first-order chi connectivity index (χ1) is 14.8. The molecule has 0 radical (unpaired) electrons. The van der Waals surface area contributed by atoms with Crippen molar-refractivity contribution in [1.82, 2.24) is 15.1 Å². The fraction of sp³-hybridized carbons (Fsp3) is 0.391. The van der Waals surface area contributed by atoms with Gasteiger partial charge in [0, 0.05) is 30.3 Å². The Morgan fingerprint density at radius 1 is 1.23 bits per heavy atom. The number of nitrogens with one attached hydrogen (secondary N) is 1. The van der Waals surface area contributed by atoms with E-state index in [9.17, 15) is 19.7 Å². The van der Waals surface area contributed by atoms with Crippen LogP contribution in [0.5, 0.6) is 0 Å². The van der Waals surface area contributed by atoms with Gasteiger partial charge in [0.05, 0.1) is 11.0 Å². The van der Waals surface area contributed by atoms with Crippen molar-refractivity contribution in [2.75, 3.05) is 27.2 Å². The molecule has 164 valence electrons. The zero-order valence-corrected chi connectivity index (χ0v) is 18.1. The number of benzene rings is 2. The summed E-state index contributed by atoms with van der Waals surface area (Å²) in [6.07, 6.45) is 1.34. The van der Waals surface area contributed by atoms with Gasteiger partial charge in [-0.2, -0.15) is 0 Å². The van der Waals surface area contributed by atoms with E-state index in [1.54, 1.807) is 11.8 Å². The molecule has 2 amide bonds. The fourth-order valence-electron chi connectivity index (χ4n) is 4.03. The summed E-state index contributed by atoms with van der Waals surface area (Å²) in [5.41, 5.74) is 1.86. The van der Waals surface area contributed by atoms with Gasteiger partial charge in [0.2, 0.25) is 5.91 Å². The summed E-state index contributed by atoms with van der Waals surface area (Å²) in [5, 5.41) is 14.0. The molecule has 3 rings (SSSR count). The summed E-state index contributed by atoms with van der Waals surface area (Å²) in [7, 11) is 3.93. The normalized spacial score (nSPS) is 16.9. The van der Waals surface area contributed by atoms with Crippen LogP contribution >= 0.6 is 0 Å². The molecule has 1 saturated heterocycles. The zero-order chi connectivity index (χ0) is 22.5. The summed E-state index contributed by atoms with van der Waals surface area (Å²) in [6, 6.07) is 13.7. The van der Waals surface area contributed by atoms with E-state index >= 15 is 0 Å². The van der Waals surface area contributed by atoms with Crippen LogP contribution in [0.15, 0.2) is 48.5 Å². The molecular formula is C23H28N4O4. The number of nitro benzene ring substituents is 1. The van der Waals surface area contributed by atoms with Crippen LogP contribution in [0.2, 0.25) is 0 Å². The van der Waals surface area contributed by atoms with Crippen LogP contribution in [-0.4, -0.2) is 59.8 Å². The molecule has 2 aromatic rings. The monoisotopic (exact) mass is 424 g/mol. The summed E-state index contributed by atoms with van der Waals surface area (Å²) >= 11 is 0. The van der Waals surface area contributed by atoms with Gasteiger partial charge >= 0.3 is 0 Å². The molecule has 1 aliphatic heterocycles. The van der Waals surface area contributed by atoms with Gasteiger partial charge in [-0.3, -0.25) is 19.7 Å². The molecule has 2 atom stereocenters.